The van der Waals surface area contributed by atoms with Crippen LogP contribution in [-0.4, -0.2) is 18.5 Å². The minimum absolute atomic E-state index is 0.0869. The average Bonchev–Trinajstić information content (AvgIpc) is 2.57. The van der Waals surface area contributed by atoms with Crippen molar-refractivity contribution in [1.82, 2.24) is 10.6 Å². The van der Waals surface area contributed by atoms with Crippen molar-refractivity contribution in [2.24, 2.45) is 0 Å². The van der Waals surface area contributed by atoms with E-state index in [1.54, 1.807) is 11.3 Å². The first-order valence-corrected chi connectivity index (χ1v) is 5.58. The minimum Gasteiger partial charge on any atom is -0.353 e. The van der Waals surface area contributed by atoms with E-state index in [2.05, 4.69) is 29.7 Å². The Bertz CT molecular complexity index is 348. The van der Waals surface area contributed by atoms with Crippen LogP contribution in [0.3, 0.4) is 0 Å². The fourth-order valence-corrected chi connectivity index (χ4v) is 2.55. The van der Waals surface area contributed by atoms with E-state index >= 15 is 0 Å². The van der Waals surface area contributed by atoms with Crippen molar-refractivity contribution >= 4 is 17.2 Å². The lowest BCUT2D eigenvalue weighted by atomic mass is 10.1. The maximum atomic E-state index is 11.2. The molecule has 1 aromatic heterocycles. The Labute approximate surface area is 87.5 Å². The highest BCUT2D eigenvalue weighted by molar-refractivity contribution is 7.12. The van der Waals surface area contributed by atoms with Crippen LogP contribution in [0.1, 0.15) is 22.7 Å². The highest BCUT2D eigenvalue weighted by Gasteiger charge is 2.25. The third-order valence-electron chi connectivity index (χ3n) is 2.43. The lowest BCUT2D eigenvalue weighted by Crippen LogP contribution is -2.52. The van der Waals surface area contributed by atoms with Gasteiger partial charge in [-0.3, -0.25) is 10.1 Å². The number of amides is 1. The number of piperazine rings is 1. The minimum atomic E-state index is -0.0869. The molecular formula is C10H14N2OS. The molecule has 14 heavy (non-hydrogen) atoms. The molecule has 1 aliphatic rings. The molecule has 0 spiro atoms. The second-order valence-corrected chi connectivity index (χ2v) is 4.95. The van der Waals surface area contributed by atoms with E-state index in [0.717, 1.165) is 0 Å². The standard InChI is InChI=1S/C10H14N2OS/c1-6-3-4-9(14-6)8-5-11-10(13)7(2)12-8/h3-4,7-8,12H,5H2,1-2H3,(H,11,13). The van der Waals surface area contributed by atoms with E-state index in [4.69, 9.17) is 0 Å². The molecule has 1 aromatic rings. The first-order valence-electron chi connectivity index (χ1n) is 4.77. The van der Waals surface area contributed by atoms with Gasteiger partial charge in [0, 0.05) is 16.3 Å². The Morgan fingerprint density at radius 1 is 1.50 bits per heavy atom. The van der Waals surface area contributed by atoms with E-state index in [0.29, 0.717) is 6.54 Å². The Kier molecular flexibility index (Phi) is 2.56. The molecule has 76 valence electrons. The predicted octanol–water partition coefficient (Wildman–Crippen LogP) is 1.21. The third-order valence-corrected chi connectivity index (χ3v) is 3.54. The summed E-state index contributed by atoms with van der Waals surface area (Å²) in [5.74, 6) is 0.0922. The molecule has 0 bridgehead atoms. The van der Waals surface area contributed by atoms with Crippen LogP contribution >= 0.6 is 11.3 Å². The molecule has 0 radical (unpaired) electrons. The van der Waals surface area contributed by atoms with Crippen molar-refractivity contribution in [3.63, 3.8) is 0 Å². The van der Waals surface area contributed by atoms with Gasteiger partial charge in [-0.25, -0.2) is 0 Å². The molecule has 4 heteroatoms. The van der Waals surface area contributed by atoms with Gasteiger partial charge < -0.3 is 5.32 Å². The molecule has 2 unspecified atom stereocenters. The molecule has 1 fully saturated rings. The van der Waals surface area contributed by atoms with Crippen molar-refractivity contribution in [1.29, 1.82) is 0 Å². The number of nitrogens with one attached hydrogen (secondary N) is 2. The van der Waals surface area contributed by atoms with Gasteiger partial charge in [0.05, 0.1) is 12.1 Å². The van der Waals surface area contributed by atoms with Crippen LogP contribution in [0.25, 0.3) is 0 Å². The number of carbonyl (C=O) groups excluding carboxylic acids is 1. The zero-order valence-electron chi connectivity index (χ0n) is 8.33. The largest absolute Gasteiger partial charge is 0.353 e. The average molecular weight is 210 g/mol. The first-order chi connectivity index (χ1) is 6.66. The maximum Gasteiger partial charge on any atom is 0.236 e. The van der Waals surface area contributed by atoms with Gasteiger partial charge in [-0.1, -0.05) is 0 Å². The normalized spacial score (nSPS) is 27.4. The molecule has 1 aliphatic heterocycles. The summed E-state index contributed by atoms with van der Waals surface area (Å²) in [4.78, 5) is 13.8. The molecule has 2 N–H and O–H groups in total. The quantitative estimate of drug-likeness (QED) is 0.731. The zero-order valence-corrected chi connectivity index (χ0v) is 9.15. The van der Waals surface area contributed by atoms with Crippen LogP contribution in [0.15, 0.2) is 12.1 Å². The molecule has 0 aromatic carbocycles. The van der Waals surface area contributed by atoms with Crippen LogP contribution in [0, 0.1) is 6.92 Å². The SMILES string of the molecule is Cc1ccc(C2CNC(=O)C(C)N2)s1. The Balaban J connectivity index is 2.10. The first kappa shape index (κ1) is 9.68. The van der Waals surface area contributed by atoms with Crippen molar-refractivity contribution in [3.05, 3.63) is 21.9 Å². The predicted molar refractivity (Wildman–Crippen MR) is 57.4 cm³/mol. The van der Waals surface area contributed by atoms with Gasteiger partial charge >= 0.3 is 0 Å². The molecule has 2 rings (SSSR count). The van der Waals surface area contributed by atoms with Crippen molar-refractivity contribution in [2.75, 3.05) is 6.54 Å². The molecule has 0 saturated carbocycles. The monoisotopic (exact) mass is 210 g/mol. The number of thiophene rings is 1. The highest BCUT2D eigenvalue weighted by Crippen LogP contribution is 2.23. The van der Waals surface area contributed by atoms with Gasteiger partial charge in [0.1, 0.15) is 0 Å². The van der Waals surface area contributed by atoms with Gasteiger partial charge in [0.25, 0.3) is 0 Å². The summed E-state index contributed by atoms with van der Waals surface area (Å²) in [6.07, 6.45) is 0. The van der Waals surface area contributed by atoms with Gasteiger partial charge in [-0.05, 0) is 26.0 Å². The summed E-state index contributed by atoms with van der Waals surface area (Å²) in [6, 6.07) is 4.43. The number of hydrogen-bond donors (Lipinski definition) is 2. The van der Waals surface area contributed by atoms with Crippen LogP contribution in [0.5, 0.6) is 0 Å². The smallest absolute Gasteiger partial charge is 0.236 e. The second-order valence-electron chi connectivity index (χ2n) is 3.63. The van der Waals surface area contributed by atoms with E-state index in [9.17, 15) is 4.79 Å². The number of aryl methyl sites for hydroxylation is 1. The Hall–Kier alpha value is -0.870. The number of rotatable bonds is 1. The van der Waals surface area contributed by atoms with Crippen LogP contribution in [0.4, 0.5) is 0 Å². The molecule has 2 heterocycles. The molecule has 2 atom stereocenters. The van der Waals surface area contributed by atoms with Gasteiger partial charge in [0.15, 0.2) is 0 Å². The fourth-order valence-electron chi connectivity index (χ4n) is 1.62. The molecular weight excluding hydrogens is 196 g/mol. The summed E-state index contributed by atoms with van der Waals surface area (Å²) < 4.78 is 0. The van der Waals surface area contributed by atoms with Gasteiger partial charge in [-0.2, -0.15) is 0 Å². The van der Waals surface area contributed by atoms with Crippen LogP contribution in [0.2, 0.25) is 0 Å². The summed E-state index contributed by atoms with van der Waals surface area (Å²) >= 11 is 1.78. The van der Waals surface area contributed by atoms with Gasteiger partial charge in [-0.15, -0.1) is 11.3 Å². The van der Waals surface area contributed by atoms with E-state index in [-0.39, 0.29) is 18.0 Å². The highest BCUT2D eigenvalue weighted by atomic mass is 32.1. The molecule has 1 saturated heterocycles. The Morgan fingerprint density at radius 3 is 2.86 bits per heavy atom. The third kappa shape index (κ3) is 1.81. The Morgan fingerprint density at radius 2 is 2.29 bits per heavy atom. The summed E-state index contributed by atoms with van der Waals surface area (Å²) in [5.41, 5.74) is 0. The lowest BCUT2D eigenvalue weighted by Gasteiger charge is -2.28. The van der Waals surface area contributed by atoms with Crippen LogP contribution < -0.4 is 10.6 Å². The molecule has 3 nitrogen and oxygen atoms in total. The lowest BCUT2D eigenvalue weighted by molar-refractivity contribution is -0.124. The molecule has 1 amide bonds. The summed E-state index contributed by atoms with van der Waals surface area (Å²) in [5, 5.41) is 6.19. The molecule has 0 aliphatic carbocycles. The summed E-state index contributed by atoms with van der Waals surface area (Å²) in [6.45, 7) is 4.68. The van der Waals surface area contributed by atoms with Crippen molar-refractivity contribution in [2.45, 2.75) is 25.9 Å². The number of carbonyl (C=O) groups is 1. The van der Waals surface area contributed by atoms with E-state index < -0.39 is 0 Å². The van der Waals surface area contributed by atoms with Crippen LogP contribution in [-0.2, 0) is 4.79 Å². The maximum absolute atomic E-state index is 11.2. The second kappa shape index (κ2) is 3.71. The van der Waals surface area contributed by atoms with Crippen molar-refractivity contribution in [3.8, 4) is 0 Å². The number of hydrogen-bond acceptors (Lipinski definition) is 3. The van der Waals surface area contributed by atoms with Gasteiger partial charge in [0.2, 0.25) is 5.91 Å². The zero-order chi connectivity index (χ0) is 10.1. The van der Waals surface area contributed by atoms with Crippen molar-refractivity contribution < 1.29 is 4.79 Å². The topological polar surface area (TPSA) is 41.1 Å². The summed E-state index contributed by atoms with van der Waals surface area (Å²) in [7, 11) is 0. The fraction of sp³-hybridized carbons (Fsp3) is 0.500. The van der Waals surface area contributed by atoms with E-state index in [1.165, 1.54) is 9.75 Å². The van der Waals surface area contributed by atoms with E-state index in [1.807, 2.05) is 6.92 Å².